The third-order valence-electron chi connectivity index (χ3n) is 4.98. The van der Waals surface area contributed by atoms with E-state index in [0.29, 0.717) is 0 Å². The summed E-state index contributed by atoms with van der Waals surface area (Å²) in [5.41, 5.74) is 0. The Morgan fingerprint density at radius 2 is 1.21 bits per heavy atom. The summed E-state index contributed by atoms with van der Waals surface area (Å²) >= 11 is 0. The molecule has 4 nitrogen and oxygen atoms in total. The topological polar surface area (TPSA) is 74.6 Å². The van der Waals surface area contributed by atoms with Crippen molar-refractivity contribution in [2.75, 3.05) is 0 Å². The molecule has 142 valence electrons. The minimum atomic E-state index is -1.01. The Kier molecular flexibility index (Phi) is 14.8. The van der Waals surface area contributed by atoms with Gasteiger partial charge in [-0.25, -0.2) is 0 Å². The van der Waals surface area contributed by atoms with Gasteiger partial charge in [0.05, 0.1) is 12.3 Å². The van der Waals surface area contributed by atoms with Crippen molar-refractivity contribution >= 4 is 11.9 Å². The molecule has 2 N–H and O–H groups in total. The van der Waals surface area contributed by atoms with Gasteiger partial charge in [0.25, 0.3) is 0 Å². The Morgan fingerprint density at radius 3 is 1.58 bits per heavy atom. The van der Waals surface area contributed by atoms with Crippen LogP contribution in [0.4, 0.5) is 0 Å². The summed E-state index contributed by atoms with van der Waals surface area (Å²) in [6, 6.07) is 0. The number of aliphatic carboxylic acids is 2. The number of unbranched alkanes of at least 4 members (excludes halogenated alkanes) is 10. The molecule has 0 aliphatic heterocycles. The molecule has 0 amide bonds. The van der Waals surface area contributed by atoms with Crippen molar-refractivity contribution in [3.63, 3.8) is 0 Å². The molecule has 2 unspecified atom stereocenters. The van der Waals surface area contributed by atoms with Crippen molar-refractivity contribution in [1.82, 2.24) is 0 Å². The molecule has 0 aliphatic rings. The van der Waals surface area contributed by atoms with E-state index in [-0.39, 0.29) is 12.3 Å². The Morgan fingerprint density at radius 1 is 0.750 bits per heavy atom. The van der Waals surface area contributed by atoms with Gasteiger partial charge in [-0.15, -0.1) is 0 Å². The molecule has 0 aliphatic carbocycles. The van der Waals surface area contributed by atoms with Crippen LogP contribution in [0.1, 0.15) is 104 Å². The predicted octanol–water partition coefficient (Wildman–Crippen LogP) is 5.89. The van der Waals surface area contributed by atoms with Gasteiger partial charge in [-0.3, -0.25) is 9.59 Å². The van der Waals surface area contributed by atoms with E-state index in [0.717, 1.165) is 25.7 Å². The fourth-order valence-electron chi connectivity index (χ4n) is 3.40. The van der Waals surface area contributed by atoms with Crippen LogP contribution in [0.25, 0.3) is 0 Å². The van der Waals surface area contributed by atoms with E-state index in [9.17, 15) is 14.7 Å². The van der Waals surface area contributed by atoms with Crippen molar-refractivity contribution in [3.8, 4) is 0 Å². The Labute approximate surface area is 148 Å². The second-order valence-electron chi connectivity index (χ2n) is 7.04. The molecule has 0 radical (unpaired) electrons. The average molecular weight is 343 g/mol. The Balaban J connectivity index is 3.72. The number of carbonyl (C=O) groups is 2. The van der Waals surface area contributed by atoms with Crippen LogP contribution in [0.3, 0.4) is 0 Å². The molecule has 0 saturated carbocycles. The highest BCUT2D eigenvalue weighted by Gasteiger charge is 2.28. The maximum absolute atomic E-state index is 11.3. The summed E-state index contributed by atoms with van der Waals surface area (Å²) in [6.45, 7) is 4.20. The molecule has 0 bridgehead atoms. The Bertz CT molecular complexity index is 328. The van der Waals surface area contributed by atoms with Crippen molar-refractivity contribution in [2.24, 2.45) is 11.8 Å². The number of carboxylic acids is 2. The van der Waals surface area contributed by atoms with E-state index in [1.54, 1.807) is 0 Å². The molecular weight excluding hydrogens is 304 g/mol. The van der Waals surface area contributed by atoms with Crippen LogP contribution in [0, 0.1) is 11.8 Å². The van der Waals surface area contributed by atoms with Crippen LogP contribution in [-0.2, 0) is 9.59 Å². The molecule has 0 saturated heterocycles. The molecule has 0 aromatic heterocycles. The van der Waals surface area contributed by atoms with Crippen LogP contribution in [-0.4, -0.2) is 22.2 Å². The molecule has 24 heavy (non-hydrogen) atoms. The lowest BCUT2D eigenvalue weighted by molar-refractivity contribution is -0.150. The van der Waals surface area contributed by atoms with Crippen molar-refractivity contribution in [3.05, 3.63) is 0 Å². The summed E-state index contributed by atoms with van der Waals surface area (Å²) in [7, 11) is 0. The normalized spacial score (nSPS) is 13.6. The highest BCUT2D eigenvalue weighted by Crippen LogP contribution is 2.26. The van der Waals surface area contributed by atoms with Crippen LogP contribution in [0.5, 0.6) is 0 Å². The van der Waals surface area contributed by atoms with Gasteiger partial charge >= 0.3 is 11.9 Å². The number of hydrogen-bond acceptors (Lipinski definition) is 2. The van der Waals surface area contributed by atoms with Crippen molar-refractivity contribution < 1.29 is 19.8 Å². The quantitative estimate of drug-likeness (QED) is 0.323. The monoisotopic (exact) mass is 342 g/mol. The lowest BCUT2D eigenvalue weighted by Gasteiger charge is -2.21. The van der Waals surface area contributed by atoms with Crippen LogP contribution < -0.4 is 0 Å². The largest absolute Gasteiger partial charge is 0.481 e. The first kappa shape index (κ1) is 22.9. The smallest absolute Gasteiger partial charge is 0.307 e. The summed E-state index contributed by atoms with van der Waals surface area (Å²) in [4.78, 5) is 22.1. The maximum Gasteiger partial charge on any atom is 0.307 e. The van der Waals surface area contributed by atoms with Gasteiger partial charge in [0.2, 0.25) is 0 Å². The molecule has 0 rings (SSSR count). The molecule has 4 heteroatoms. The first-order valence-electron chi connectivity index (χ1n) is 9.97. The predicted molar refractivity (Wildman–Crippen MR) is 98.2 cm³/mol. The summed E-state index contributed by atoms with van der Waals surface area (Å²) in [5.74, 6) is -2.74. The maximum atomic E-state index is 11.3. The minimum Gasteiger partial charge on any atom is -0.481 e. The third kappa shape index (κ3) is 12.4. The fourth-order valence-corrected chi connectivity index (χ4v) is 3.40. The standard InChI is InChI=1S/C20H38O4/c1-3-5-6-7-8-9-10-11-12-13-14-15-17(4-2)18(20(23)24)16-19(21)22/h17-18H,3-16H2,1-2H3,(H,21,22)(H,23,24). The highest BCUT2D eigenvalue weighted by atomic mass is 16.4. The molecule has 0 heterocycles. The van der Waals surface area contributed by atoms with Crippen molar-refractivity contribution in [2.45, 2.75) is 104 Å². The lowest BCUT2D eigenvalue weighted by Crippen LogP contribution is -2.26. The van der Waals surface area contributed by atoms with E-state index in [1.165, 1.54) is 57.8 Å². The van der Waals surface area contributed by atoms with Gasteiger partial charge < -0.3 is 10.2 Å². The zero-order valence-electron chi connectivity index (χ0n) is 15.8. The van der Waals surface area contributed by atoms with E-state index in [1.807, 2.05) is 6.92 Å². The number of hydrogen-bond donors (Lipinski definition) is 2. The van der Waals surface area contributed by atoms with E-state index in [2.05, 4.69) is 6.92 Å². The fraction of sp³-hybridized carbons (Fsp3) is 0.900. The zero-order chi connectivity index (χ0) is 18.2. The van der Waals surface area contributed by atoms with Gasteiger partial charge in [-0.2, -0.15) is 0 Å². The second-order valence-corrected chi connectivity index (χ2v) is 7.04. The molecule has 0 fully saturated rings. The van der Waals surface area contributed by atoms with Crippen molar-refractivity contribution in [1.29, 1.82) is 0 Å². The number of carboxylic acid groups (broad SMARTS) is 2. The molecule has 0 aromatic carbocycles. The van der Waals surface area contributed by atoms with Gasteiger partial charge in [0, 0.05) is 0 Å². The van der Waals surface area contributed by atoms with Gasteiger partial charge in [0.1, 0.15) is 0 Å². The summed E-state index contributed by atoms with van der Waals surface area (Å²) in [5, 5.41) is 18.1. The van der Waals surface area contributed by atoms with E-state index < -0.39 is 17.9 Å². The molecule has 0 aromatic rings. The van der Waals surface area contributed by atoms with Gasteiger partial charge in [-0.05, 0) is 12.3 Å². The second kappa shape index (κ2) is 15.5. The SMILES string of the molecule is CCCCCCCCCCCCCC(CC)C(CC(=O)O)C(=O)O. The van der Waals surface area contributed by atoms with Gasteiger partial charge in [0.15, 0.2) is 0 Å². The van der Waals surface area contributed by atoms with Crippen LogP contribution in [0.2, 0.25) is 0 Å². The summed E-state index contributed by atoms with van der Waals surface area (Å²) < 4.78 is 0. The Hall–Kier alpha value is -1.06. The van der Waals surface area contributed by atoms with Crippen LogP contribution in [0.15, 0.2) is 0 Å². The highest BCUT2D eigenvalue weighted by molar-refractivity contribution is 5.77. The number of rotatable bonds is 17. The molecule has 2 atom stereocenters. The van der Waals surface area contributed by atoms with Gasteiger partial charge in [-0.1, -0.05) is 90.9 Å². The van der Waals surface area contributed by atoms with E-state index in [4.69, 9.17) is 5.11 Å². The first-order chi connectivity index (χ1) is 11.5. The van der Waals surface area contributed by atoms with Crippen LogP contribution >= 0.6 is 0 Å². The zero-order valence-corrected chi connectivity index (χ0v) is 15.8. The molecular formula is C20H38O4. The first-order valence-corrected chi connectivity index (χ1v) is 9.97. The lowest BCUT2D eigenvalue weighted by atomic mass is 9.83. The minimum absolute atomic E-state index is 0.0165. The summed E-state index contributed by atoms with van der Waals surface area (Å²) in [6.07, 6.45) is 15.3. The molecule has 0 spiro atoms. The average Bonchev–Trinajstić information content (AvgIpc) is 2.54. The van der Waals surface area contributed by atoms with E-state index >= 15 is 0 Å². The third-order valence-corrected chi connectivity index (χ3v) is 4.98.